The van der Waals surface area contributed by atoms with Crippen molar-refractivity contribution in [2.75, 3.05) is 10.6 Å². The molecule has 2 heterocycles. The average molecular weight is 631 g/mol. The van der Waals surface area contributed by atoms with E-state index < -0.39 is 29.3 Å². The molecule has 3 amide bonds. The molecule has 0 radical (unpaired) electrons. The standard InChI is InChI=1S/C33H26F4N6O3/c1-19-16-22(38-32(45)41-27-17-21(33(35,36)37)6-11-25(27)34)7-13-29(19)46-24-10-12-26-28(18-24)40-31(39-26)42-30(44)20-4-8-23(9-5-20)43-14-2-3-15-43/h2-15,17-19H,16H2,1H3,(H2,38,41,45)(H2,39,40,42,44). The van der Waals surface area contributed by atoms with Gasteiger partial charge in [-0.15, -0.1) is 0 Å². The Morgan fingerprint density at radius 1 is 0.957 bits per heavy atom. The zero-order chi connectivity index (χ0) is 32.4. The highest BCUT2D eigenvalue weighted by atomic mass is 19.4. The second kappa shape index (κ2) is 12.3. The number of aromatic nitrogens is 3. The van der Waals surface area contributed by atoms with E-state index in [0.717, 1.165) is 5.69 Å². The molecule has 3 aromatic carbocycles. The summed E-state index contributed by atoms with van der Waals surface area (Å²) in [4.78, 5) is 32.7. The Labute approximate surface area is 259 Å². The summed E-state index contributed by atoms with van der Waals surface area (Å²) < 4.78 is 61.0. The summed E-state index contributed by atoms with van der Waals surface area (Å²) in [5.41, 5.74) is 1.45. The van der Waals surface area contributed by atoms with Gasteiger partial charge in [-0.3, -0.25) is 10.1 Å². The van der Waals surface area contributed by atoms with E-state index in [4.69, 9.17) is 4.74 Å². The average Bonchev–Trinajstić information content (AvgIpc) is 3.69. The number of H-pyrrole nitrogens is 1. The number of amides is 3. The molecular formula is C33H26F4N6O3. The number of urea groups is 1. The molecule has 5 aromatic rings. The number of carbonyl (C=O) groups is 2. The minimum absolute atomic E-state index is 0.179. The maximum absolute atomic E-state index is 14.0. The molecule has 0 saturated heterocycles. The molecule has 4 N–H and O–H groups in total. The van der Waals surface area contributed by atoms with Crippen LogP contribution in [0.15, 0.2) is 109 Å². The van der Waals surface area contributed by atoms with Crippen molar-refractivity contribution < 1.29 is 31.9 Å². The lowest BCUT2D eigenvalue weighted by Gasteiger charge is -2.22. The topological polar surface area (TPSA) is 113 Å². The highest BCUT2D eigenvalue weighted by Crippen LogP contribution is 2.32. The number of imidazole rings is 1. The molecule has 1 aliphatic carbocycles. The lowest BCUT2D eigenvalue weighted by atomic mass is 9.98. The largest absolute Gasteiger partial charge is 0.461 e. The van der Waals surface area contributed by atoms with Crippen LogP contribution >= 0.6 is 0 Å². The number of nitrogens with zero attached hydrogens (tertiary/aromatic N) is 2. The van der Waals surface area contributed by atoms with Crippen molar-refractivity contribution in [1.82, 2.24) is 19.9 Å². The maximum atomic E-state index is 14.0. The summed E-state index contributed by atoms with van der Waals surface area (Å²) in [6.07, 6.45) is 2.77. The number of ether oxygens (including phenoxy) is 1. The molecule has 1 atom stereocenters. The molecule has 0 spiro atoms. The van der Waals surface area contributed by atoms with Crippen molar-refractivity contribution >= 4 is 34.6 Å². The summed E-state index contributed by atoms with van der Waals surface area (Å²) in [5.74, 6) is -0.103. The number of rotatable bonds is 7. The Bertz CT molecular complexity index is 1980. The van der Waals surface area contributed by atoms with E-state index in [2.05, 4.69) is 25.9 Å². The molecular weight excluding hydrogens is 604 g/mol. The van der Waals surface area contributed by atoms with Gasteiger partial charge in [-0.05, 0) is 85.3 Å². The monoisotopic (exact) mass is 630 g/mol. The Kier molecular flexibility index (Phi) is 8.05. The van der Waals surface area contributed by atoms with E-state index in [0.29, 0.717) is 58.4 Å². The third-order valence-corrected chi connectivity index (χ3v) is 7.23. The fraction of sp³-hybridized carbons (Fsp3) is 0.121. The number of allylic oxidation sites excluding steroid dienone is 4. The Hall–Kier alpha value is -5.85. The zero-order valence-corrected chi connectivity index (χ0v) is 24.2. The van der Waals surface area contributed by atoms with E-state index in [1.807, 2.05) is 48.1 Å². The second-order valence-electron chi connectivity index (χ2n) is 10.6. The maximum Gasteiger partial charge on any atom is 0.416 e. The van der Waals surface area contributed by atoms with Crippen molar-refractivity contribution in [2.45, 2.75) is 19.5 Å². The molecule has 13 heteroatoms. The molecule has 0 saturated carbocycles. The van der Waals surface area contributed by atoms with Crippen molar-refractivity contribution in [1.29, 1.82) is 0 Å². The molecule has 46 heavy (non-hydrogen) atoms. The van der Waals surface area contributed by atoms with E-state index in [1.165, 1.54) is 0 Å². The SMILES string of the molecule is CC1CC(NC(=O)Nc2cc(C(F)(F)F)ccc2F)=CC=C1Oc1ccc2nc(NC(=O)c3ccc(-n4cccc4)cc3)[nH]c2c1. The Morgan fingerprint density at radius 2 is 1.72 bits per heavy atom. The third-order valence-electron chi connectivity index (χ3n) is 7.23. The molecule has 234 valence electrons. The predicted octanol–water partition coefficient (Wildman–Crippen LogP) is 7.77. The molecule has 1 aliphatic rings. The highest BCUT2D eigenvalue weighted by molar-refractivity contribution is 6.04. The third kappa shape index (κ3) is 6.78. The molecule has 6 rings (SSSR count). The smallest absolute Gasteiger partial charge is 0.416 e. The number of carbonyl (C=O) groups excluding carboxylic acids is 2. The second-order valence-corrected chi connectivity index (χ2v) is 10.6. The summed E-state index contributed by atoms with van der Waals surface area (Å²) in [6, 6.07) is 17.1. The number of halogens is 4. The lowest BCUT2D eigenvalue weighted by molar-refractivity contribution is -0.137. The van der Waals surface area contributed by atoms with Gasteiger partial charge in [0, 0.05) is 41.3 Å². The van der Waals surface area contributed by atoms with Crippen LogP contribution in [0.25, 0.3) is 16.7 Å². The van der Waals surface area contributed by atoms with E-state index in [1.54, 1.807) is 42.5 Å². The number of fused-ring (bicyclic) bond motifs is 1. The Morgan fingerprint density at radius 3 is 2.43 bits per heavy atom. The molecule has 2 aromatic heterocycles. The van der Waals surface area contributed by atoms with Gasteiger partial charge in [-0.2, -0.15) is 13.2 Å². The number of hydrogen-bond donors (Lipinski definition) is 4. The fourth-order valence-corrected chi connectivity index (χ4v) is 4.89. The van der Waals surface area contributed by atoms with Crippen LogP contribution in [0.2, 0.25) is 0 Å². The number of hydrogen-bond acceptors (Lipinski definition) is 4. The van der Waals surface area contributed by atoms with Crippen LogP contribution in [0.5, 0.6) is 5.75 Å². The van der Waals surface area contributed by atoms with Gasteiger partial charge in [-0.25, -0.2) is 14.2 Å². The first-order chi connectivity index (χ1) is 22.0. The van der Waals surface area contributed by atoms with Gasteiger partial charge in [-0.1, -0.05) is 6.92 Å². The molecule has 9 nitrogen and oxygen atoms in total. The van der Waals surface area contributed by atoms with Crippen LogP contribution in [0.3, 0.4) is 0 Å². The van der Waals surface area contributed by atoms with Gasteiger partial charge >= 0.3 is 12.2 Å². The van der Waals surface area contributed by atoms with Crippen molar-refractivity contribution in [3.8, 4) is 11.4 Å². The van der Waals surface area contributed by atoms with Gasteiger partial charge < -0.3 is 24.9 Å². The first-order valence-corrected chi connectivity index (χ1v) is 14.1. The molecule has 0 fully saturated rings. The number of benzene rings is 3. The number of nitrogens with one attached hydrogen (secondary N) is 4. The fourth-order valence-electron chi connectivity index (χ4n) is 4.89. The van der Waals surface area contributed by atoms with Crippen LogP contribution in [0.1, 0.15) is 29.3 Å². The summed E-state index contributed by atoms with van der Waals surface area (Å²) >= 11 is 0. The van der Waals surface area contributed by atoms with Gasteiger partial charge in [0.2, 0.25) is 5.95 Å². The molecule has 0 aliphatic heterocycles. The number of anilines is 2. The van der Waals surface area contributed by atoms with Gasteiger partial charge in [0.1, 0.15) is 17.3 Å². The van der Waals surface area contributed by atoms with Gasteiger partial charge in [0.15, 0.2) is 0 Å². The Balaban J connectivity index is 1.08. The first-order valence-electron chi connectivity index (χ1n) is 14.1. The summed E-state index contributed by atoms with van der Waals surface area (Å²) in [6.45, 7) is 1.87. The normalized spacial score (nSPS) is 14.8. The van der Waals surface area contributed by atoms with Crippen LogP contribution in [0, 0.1) is 11.7 Å². The molecule has 0 bridgehead atoms. The molecule has 1 unspecified atom stereocenters. The van der Waals surface area contributed by atoms with E-state index in [9.17, 15) is 27.2 Å². The first kappa shape index (κ1) is 30.2. The van der Waals surface area contributed by atoms with Crippen molar-refractivity contribution in [2.24, 2.45) is 5.92 Å². The lowest BCUT2D eigenvalue weighted by Crippen LogP contribution is -2.30. The van der Waals surface area contributed by atoms with E-state index >= 15 is 0 Å². The predicted molar refractivity (Wildman–Crippen MR) is 164 cm³/mol. The minimum Gasteiger partial charge on any atom is -0.461 e. The van der Waals surface area contributed by atoms with Crippen LogP contribution < -0.4 is 20.7 Å². The quantitative estimate of drug-likeness (QED) is 0.138. The minimum atomic E-state index is -4.68. The van der Waals surface area contributed by atoms with Crippen molar-refractivity contribution in [3.05, 3.63) is 126 Å². The van der Waals surface area contributed by atoms with Gasteiger partial charge in [0.05, 0.1) is 22.3 Å². The van der Waals surface area contributed by atoms with Crippen LogP contribution in [-0.2, 0) is 6.18 Å². The highest BCUT2D eigenvalue weighted by Gasteiger charge is 2.31. The van der Waals surface area contributed by atoms with E-state index in [-0.39, 0.29) is 17.8 Å². The number of aromatic amines is 1. The zero-order valence-electron chi connectivity index (χ0n) is 24.2. The van der Waals surface area contributed by atoms with Crippen molar-refractivity contribution in [3.63, 3.8) is 0 Å². The summed E-state index contributed by atoms with van der Waals surface area (Å²) in [7, 11) is 0. The van der Waals surface area contributed by atoms with Crippen LogP contribution in [0.4, 0.5) is 34.0 Å². The van der Waals surface area contributed by atoms with Gasteiger partial charge in [0.25, 0.3) is 5.91 Å². The summed E-state index contributed by atoms with van der Waals surface area (Å²) in [5, 5.41) is 7.45. The number of alkyl halides is 3. The van der Waals surface area contributed by atoms with Crippen LogP contribution in [-0.4, -0.2) is 26.5 Å².